The molecule has 1 N–H and O–H groups in total. The molecule has 4 aromatic rings. The lowest BCUT2D eigenvalue weighted by Gasteiger charge is -2.33. The van der Waals surface area contributed by atoms with Gasteiger partial charge in [0, 0.05) is 43.4 Å². The van der Waals surface area contributed by atoms with Crippen LogP contribution in [0.15, 0.2) is 41.4 Å². The average Bonchev–Trinajstić information content (AvgIpc) is 3.67. The number of benzene rings is 1. The zero-order valence-corrected chi connectivity index (χ0v) is 30.3. The normalized spacial score (nSPS) is 19.9. The molecular weight excluding hydrogens is 704 g/mol. The van der Waals surface area contributed by atoms with E-state index in [1.165, 1.54) is 12.3 Å². The Bertz CT molecular complexity index is 2030. The predicted octanol–water partition coefficient (Wildman–Crippen LogP) is 5.79. The van der Waals surface area contributed by atoms with Gasteiger partial charge in [-0.2, -0.15) is 18.2 Å². The summed E-state index contributed by atoms with van der Waals surface area (Å²) in [7, 11) is 0. The summed E-state index contributed by atoms with van der Waals surface area (Å²) >= 11 is -1.68. The minimum absolute atomic E-state index is 0.0137. The molecule has 2 fully saturated rings. The summed E-state index contributed by atoms with van der Waals surface area (Å²) in [6, 6.07) is 8.87. The van der Waals surface area contributed by atoms with Gasteiger partial charge in [0.25, 0.3) is 5.88 Å². The van der Waals surface area contributed by atoms with Crippen LogP contribution in [0, 0.1) is 26.2 Å². The topological polar surface area (TPSA) is 128 Å². The Kier molecular flexibility index (Phi) is 9.19. The van der Waals surface area contributed by atoms with E-state index in [1.807, 2.05) is 41.3 Å². The lowest BCUT2D eigenvalue weighted by atomic mass is 9.70. The highest BCUT2D eigenvalue weighted by atomic mass is 32.2. The maximum atomic E-state index is 14.3. The van der Waals surface area contributed by atoms with Crippen LogP contribution in [-0.4, -0.2) is 89.0 Å². The van der Waals surface area contributed by atoms with E-state index in [2.05, 4.69) is 15.2 Å². The third-order valence-electron chi connectivity index (χ3n) is 10.4. The molecule has 1 saturated heterocycles. The molecule has 2 unspecified atom stereocenters. The first-order chi connectivity index (χ1) is 24.5. The minimum atomic E-state index is -4.72. The Morgan fingerprint density at radius 3 is 2.52 bits per heavy atom. The minimum Gasteiger partial charge on any atom is -0.593 e. The fourth-order valence-corrected chi connectivity index (χ4v) is 8.48. The quantitative estimate of drug-likeness (QED) is 0.157. The number of nitrogens with zero attached hydrogens (tertiary/aromatic N) is 6. The molecule has 2 aliphatic heterocycles. The number of hydrogen-bond donors (Lipinski definition) is 1. The fraction of sp³-hybridized carbons (Fsp3) is 0.500. The number of ether oxygens (including phenoxy) is 2. The summed E-state index contributed by atoms with van der Waals surface area (Å²) in [4.78, 5) is 19.8. The summed E-state index contributed by atoms with van der Waals surface area (Å²) in [5.41, 5.74) is 1.92. The van der Waals surface area contributed by atoms with Crippen molar-refractivity contribution >= 4 is 23.0 Å². The van der Waals surface area contributed by atoms with Crippen molar-refractivity contribution in [2.75, 3.05) is 32.8 Å². The first-order valence-electron chi connectivity index (χ1n) is 17.1. The third kappa shape index (κ3) is 6.69. The number of alkyl halides is 4. The number of aryl methyl sites for hydroxylation is 3. The number of aromatic nitrogens is 4. The van der Waals surface area contributed by atoms with Crippen molar-refractivity contribution in [2.45, 2.75) is 82.8 Å². The van der Waals surface area contributed by atoms with Crippen molar-refractivity contribution in [3.05, 3.63) is 75.7 Å². The number of fused-ring (bicyclic) bond motifs is 2. The van der Waals surface area contributed by atoms with Gasteiger partial charge in [0.1, 0.15) is 18.4 Å². The Morgan fingerprint density at radius 2 is 1.87 bits per heavy atom. The van der Waals surface area contributed by atoms with Gasteiger partial charge >= 0.3 is 12.1 Å². The molecule has 0 radical (unpaired) electrons. The second kappa shape index (κ2) is 13.1. The van der Waals surface area contributed by atoms with Gasteiger partial charge in [0.05, 0.1) is 29.9 Å². The number of rotatable bonds is 10. The van der Waals surface area contributed by atoms with Crippen LogP contribution < -0.4 is 9.47 Å². The SMILES string of the molecule is Cc1ccc(C(c2ccn3c(C(F)(F)F)nnc3c2C)C(C)(C)C(=O)O)cc1CN1CC2(CC2)Oc2nc(OCCN3CC(F)C3)c(C)cc2[S+]1[O-]. The van der Waals surface area contributed by atoms with Crippen LogP contribution in [0.1, 0.15) is 71.8 Å². The van der Waals surface area contributed by atoms with E-state index >= 15 is 0 Å². The smallest absolute Gasteiger partial charge is 0.452 e. The molecule has 16 heteroatoms. The molecule has 0 amide bonds. The molecule has 1 saturated carbocycles. The number of aliphatic carboxylic acids is 1. The Morgan fingerprint density at radius 1 is 1.13 bits per heavy atom. The summed E-state index contributed by atoms with van der Waals surface area (Å²) in [6.45, 7) is 10.8. The van der Waals surface area contributed by atoms with Gasteiger partial charge in [-0.3, -0.25) is 14.1 Å². The number of hydrogen-bond acceptors (Lipinski definition) is 9. The molecule has 3 aromatic heterocycles. The van der Waals surface area contributed by atoms with Gasteiger partial charge in [0.15, 0.2) is 5.65 Å². The van der Waals surface area contributed by atoms with Crippen molar-refractivity contribution < 1.29 is 41.5 Å². The van der Waals surface area contributed by atoms with Gasteiger partial charge in [-0.05, 0) is 81.3 Å². The van der Waals surface area contributed by atoms with Crippen molar-refractivity contribution in [3.63, 3.8) is 0 Å². The van der Waals surface area contributed by atoms with Crippen LogP contribution in [-0.2, 0) is 28.9 Å². The molecule has 5 heterocycles. The van der Waals surface area contributed by atoms with E-state index in [0.717, 1.165) is 28.4 Å². The van der Waals surface area contributed by atoms with Crippen molar-refractivity contribution in [1.29, 1.82) is 0 Å². The van der Waals surface area contributed by atoms with Gasteiger partial charge < -0.3 is 19.1 Å². The molecule has 278 valence electrons. The number of likely N-dealkylation sites (tertiary alicyclic amines) is 1. The third-order valence-corrected chi connectivity index (χ3v) is 11.8. The lowest BCUT2D eigenvalue weighted by molar-refractivity contribution is -0.147. The average molecular weight is 745 g/mol. The molecule has 52 heavy (non-hydrogen) atoms. The van der Waals surface area contributed by atoms with Crippen LogP contribution in [0.5, 0.6) is 11.8 Å². The highest BCUT2D eigenvalue weighted by molar-refractivity contribution is 7.89. The molecule has 1 aromatic carbocycles. The summed E-state index contributed by atoms with van der Waals surface area (Å²) in [5, 5.41) is 17.6. The standard InChI is InChI=1S/C36H40F4N6O5S/c1-20-6-7-23(28(34(4,5)33(47)48)26-8-11-46-29(22(26)3)42-43-32(46)36(38,39)40)15-24(20)16-45-19-35(9-10-35)51-31-27(52(45)49)14-21(2)30(41-31)50-13-12-44-17-25(37)18-44/h6-8,11,14-15,25,28H,9-10,12-13,16-19H2,1-5H3,(H,47,48). The molecule has 2 atom stereocenters. The van der Waals surface area contributed by atoms with Gasteiger partial charge in [-0.15, -0.1) is 14.5 Å². The van der Waals surface area contributed by atoms with Crippen LogP contribution in [0.25, 0.3) is 5.65 Å². The highest BCUT2D eigenvalue weighted by Crippen LogP contribution is 2.48. The lowest BCUT2D eigenvalue weighted by Crippen LogP contribution is -2.49. The van der Waals surface area contributed by atoms with E-state index in [9.17, 15) is 32.0 Å². The van der Waals surface area contributed by atoms with E-state index in [4.69, 9.17) is 9.47 Å². The second-order valence-electron chi connectivity index (χ2n) is 14.7. The first kappa shape index (κ1) is 36.4. The van der Waals surface area contributed by atoms with Crippen molar-refractivity contribution in [3.8, 4) is 11.8 Å². The zero-order chi connectivity index (χ0) is 37.3. The van der Waals surface area contributed by atoms with Crippen LogP contribution in [0.2, 0.25) is 0 Å². The monoisotopic (exact) mass is 744 g/mol. The Balaban J connectivity index is 1.20. The van der Waals surface area contributed by atoms with E-state index in [0.29, 0.717) is 65.8 Å². The van der Waals surface area contributed by atoms with Gasteiger partial charge in [-0.1, -0.05) is 18.2 Å². The largest absolute Gasteiger partial charge is 0.593 e. The summed E-state index contributed by atoms with van der Waals surface area (Å²) < 4.78 is 83.5. The molecule has 7 rings (SSSR count). The number of carbonyl (C=O) groups is 1. The number of carboxylic acid groups (broad SMARTS) is 1. The van der Waals surface area contributed by atoms with Gasteiger partial charge in [0.2, 0.25) is 16.6 Å². The number of halogens is 4. The van der Waals surface area contributed by atoms with E-state index < -0.39 is 52.4 Å². The number of carboxylic acids is 1. The Hall–Kier alpha value is -3.99. The maximum Gasteiger partial charge on any atom is 0.452 e. The van der Waals surface area contributed by atoms with Crippen LogP contribution >= 0.6 is 0 Å². The predicted molar refractivity (Wildman–Crippen MR) is 182 cm³/mol. The molecule has 11 nitrogen and oxygen atoms in total. The van der Waals surface area contributed by atoms with Crippen molar-refractivity contribution in [1.82, 2.24) is 28.8 Å². The van der Waals surface area contributed by atoms with Crippen LogP contribution in [0.3, 0.4) is 0 Å². The number of pyridine rings is 2. The highest BCUT2D eigenvalue weighted by Gasteiger charge is 2.53. The molecular formula is C36H40F4N6O5S. The Labute approximate surface area is 301 Å². The summed E-state index contributed by atoms with van der Waals surface area (Å²) in [6.07, 6.45) is -2.79. The van der Waals surface area contributed by atoms with Crippen LogP contribution in [0.4, 0.5) is 17.6 Å². The molecule has 1 spiro atoms. The van der Waals surface area contributed by atoms with E-state index in [-0.39, 0.29) is 18.1 Å². The molecule has 3 aliphatic rings. The fourth-order valence-electron chi connectivity index (χ4n) is 7.07. The first-order valence-corrected chi connectivity index (χ1v) is 18.2. The van der Waals surface area contributed by atoms with Gasteiger partial charge in [-0.25, -0.2) is 4.39 Å². The molecule has 1 aliphatic carbocycles. The van der Waals surface area contributed by atoms with Crippen molar-refractivity contribution in [2.24, 2.45) is 5.41 Å². The second-order valence-corrected chi connectivity index (χ2v) is 16.2. The van der Waals surface area contributed by atoms with E-state index in [1.54, 1.807) is 26.8 Å². The zero-order valence-electron chi connectivity index (χ0n) is 29.5. The molecule has 0 bridgehead atoms. The summed E-state index contributed by atoms with van der Waals surface area (Å²) in [5.74, 6) is -2.41. The maximum absolute atomic E-state index is 14.3.